The molecule has 2 aliphatic heterocycles. The monoisotopic (exact) mass is 1020 g/mol. The van der Waals surface area contributed by atoms with Gasteiger partial charge < -0.3 is 20.2 Å². The highest BCUT2D eigenvalue weighted by Crippen LogP contribution is 2.43. The van der Waals surface area contributed by atoms with Crippen LogP contribution >= 0.6 is 0 Å². The third-order valence-corrected chi connectivity index (χ3v) is 15.3. The van der Waals surface area contributed by atoms with Crippen molar-refractivity contribution >= 4 is 58.0 Å². The number of aromatic amines is 2. The number of anilines is 1. The van der Waals surface area contributed by atoms with E-state index in [9.17, 15) is 4.79 Å². The normalized spacial score (nSPS) is 12.0. The Balaban J connectivity index is 1.11. The van der Waals surface area contributed by atoms with Crippen LogP contribution in [-0.2, 0) is 12.8 Å². The van der Waals surface area contributed by atoms with Gasteiger partial charge in [0.05, 0.1) is 28.3 Å². The average molecular weight is 1020 g/mol. The summed E-state index contributed by atoms with van der Waals surface area (Å²) < 4.78 is 0. The predicted octanol–water partition coefficient (Wildman–Crippen LogP) is 15.9. The maximum Gasteiger partial charge on any atom is 0.257 e. The fourth-order valence-corrected chi connectivity index (χ4v) is 12.0. The Labute approximate surface area is 458 Å². The smallest absolute Gasteiger partial charge is 0.257 e. The number of nitrogens with one attached hydrogen (secondary N) is 3. The Hall–Kier alpha value is -8.79. The van der Waals surface area contributed by atoms with E-state index >= 15 is 0 Å². The molecule has 7 heterocycles. The minimum Gasteiger partial charge on any atom is -0.354 e. The van der Waals surface area contributed by atoms with Gasteiger partial charge in [0, 0.05) is 105 Å². The second-order valence-corrected chi connectivity index (χ2v) is 21.5. The van der Waals surface area contributed by atoms with E-state index < -0.39 is 0 Å². The maximum absolute atomic E-state index is 14.4. The third kappa shape index (κ3) is 10.2. The van der Waals surface area contributed by atoms with E-state index in [0.29, 0.717) is 11.3 Å². The van der Waals surface area contributed by atoms with Crippen molar-refractivity contribution in [3.63, 3.8) is 0 Å². The Morgan fingerprint density at radius 1 is 0.462 bits per heavy atom. The molecule has 0 atom stereocenters. The van der Waals surface area contributed by atoms with Crippen LogP contribution in [0.2, 0.25) is 0 Å². The summed E-state index contributed by atoms with van der Waals surface area (Å²) in [5.74, 6) is -0.249. The molecule has 388 valence electrons. The van der Waals surface area contributed by atoms with Crippen molar-refractivity contribution in [3.8, 4) is 44.5 Å². The minimum absolute atomic E-state index is 0.249. The zero-order valence-corrected chi connectivity index (χ0v) is 46.4. The average Bonchev–Trinajstić information content (AvgIpc) is 4.36. The van der Waals surface area contributed by atoms with Crippen LogP contribution in [0.3, 0.4) is 0 Å². The molecule has 78 heavy (non-hydrogen) atoms. The van der Waals surface area contributed by atoms with Gasteiger partial charge >= 0.3 is 0 Å². The highest BCUT2D eigenvalue weighted by Gasteiger charge is 2.24. The number of H-pyrrole nitrogens is 2. The van der Waals surface area contributed by atoms with E-state index in [0.717, 1.165) is 149 Å². The van der Waals surface area contributed by atoms with E-state index in [1.165, 1.54) is 27.8 Å². The molecule has 9 aromatic rings. The summed E-state index contributed by atoms with van der Waals surface area (Å²) in [6.45, 7) is 21.4. The van der Waals surface area contributed by atoms with Crippen LogP contribution in [0.25, 0.3) is 90.9 Å². The van der Waals surface area contributed by atoms with Gasteiger partial charge in [0.25, 0.3) is 5.91 Å². The van der Waals surface area contributed by atoms with Gasteiger partial charge in [-0.15, -0.1) is 0 Å². The highest BCUT2D eigenvalue weighted by atomic mass is 16.1. The molecule has 0 fully saturated rings. The second-order valence-electron chi connectivity index (χ2n) is 21.5. The van der Waals surface area contributed by atoms with Crippen LogP contribution in [0.5, 0.6) is 0 Å². The van der Waals surface area contributed by atoms with Crippen molar-refractivity contribution in [2.24, 2.45) is 0 Å². The van der Waals surface area contributed by atoms with Gasteiger partial charge in [0.15, 0.2) is 0 Å². The molecule has 2 aliphatic rings. The summed E-state index contributed by atoms with van der Waals surface area (Å²) in [5, 5.41) is 3.30. The SMILES string of the molecule is Cc1cc(C)c(-c2c3nc(c(-c4c(C)cc(C)cc4C)c4ccc([nH]4)c(-c4c(C)cc(C)cc4C)c4nc(c(-c5ccccc5NC(=O)c5ccc(CCN(C)CCc6ccccn6)nc5)c5ccc2[nH]5)C=C4)C=C3)c(C)c1. The number of aromatic nitrogens is 6. The molecule has 8 bridgehead atoms. The van der Waals surface area contributed by atoms with Gasteiger partial charge in [-0.3, -0.25) is 14.8 Å². The molecule has 9 heteroatoms. The number of carbonyl (C=O) groups is 1. The van der Waals surface area contributed by atoms with E-state index in [2.05, 4.69) is 192 Å². The molecular weight excluding hydrogens is 957 g/mol. The first-order valence-electron chi connectivity index (χ1n) is 27.0. The van der Waals surface area contributed by atoms with Crippen molar-refractivity contribution < 1.29 is 4.79 Å². The number of benzene rings is 4. The molecule has 0 saturated heterocycles. The molecule has 0 spiro atoms. The van der Waals surface area contributed by atoms with Crippen molar-refractivity contribution in [1.82, 2.24) is 34.8 Å². The largest absolute Gasteiger partial charge is 0.354 e. The van der Waals surface area contributed by atoms with Crippen molar-refractivity contribution in [1.29, 1.82) is 0 Å². The highest BCUT2D eigenvalue weighted by molar-refractivity contribution is 6.08. The summed E-state index contributed by atoms with van der Waals surface area (Å²) in [5.41, 5.74) is 28.9. The lowest BCUT2D eigenvalue weighted by Gasteiger charge is -2.16. The zero-order valence-electron chi connectivity index (χ0n) is 46.4. The van der Waals surface area contributed by atoms with Crippen LogP contribution in [0.15, 0.2) is 128 Å². The Bertz CT molecular complexity index is 3960. The fraction of sp³-hybridized carbons (Fsp3) is 0.203. The first-order valence-corrected chi connectivity index (χ1v) is 27.0. The number of aryl methyl sites for hydroxylation is 9. The summed E-state index contributed by atoms with van der Waals surface area (Å²) in [4.78, 5) is 45.1. The van der Waals surface area contributed by atoms with Gasteiger partial charge in [0.2, 0.25) is 0 Å². The molecular formula is C69H66N8O. The molecule has 5 aromatic heterocycles. The Morgan fingerprint density at radius 2 is 0.872 bits per heavy atom. The van der Waals surface area contributed by atoms with Gasteiger partial charge in [-0.05, 0) is 198 Å². The number of para-hydroxylation sites is 1. The fourth-order valence-electron chi connectivity index (χ4n) is 12.0. The number of rotatable bonds is 12. The van der Waals surface area contributed by atoms with Crippen LogP contribution in [0.4, 0.5) is 5.69 Å². The zero-order chi connectivity index (χ0) is 54.4. The summed E-state index contributed by atoms with van der Waals surface area (Å²) in [6, 6.07) is 40.1. The van der Waals surface area contributed by atoms with E-state index in [1.54, 1.807) is 6.20 Å². The molecule has 1 amide bonds. The molecule has 4 aromatic carbocycles. The molecule has 0 saturated carbocycles. The number of carbonyl (C=O) groups excluding carboxylic acids is 1. The van der Waals surface area contributed by atoms with Gasteiger partial charge in [-0.25, -0.2) is 9.97 Å². The number of pyridine rings is 2. The van der Waals surface area contributed by atoms with Crippen LogP contribution < -0.4 is 5.32 Å². The molecule has 3 N–H and O–H groups in total. The minimum atomic E-state index is -0.249. The lowest BCUT2D eigenvalue weighted by atomic mass is 9.92. The first kappa shape index (κ1) is 51.3. The third-order valence-electron chi connectivity index (χ3n) is 15.3. The molecule has 0 aliphatic carbocycles. The number of nitrogens with zero attached hydrogens (tertiary/aromatic N) is 5. The Kier molecular flexibility index (Phi) is 14.0. The topological polar surface area (TPSA) is 115 Å². The van der Waals surface area contributed by atoms with Crippen molar-refractivity contribution in [2.45, 2.75) is 75.2 Å². The molecule has 0 unspecified atom stereocenters. The van der Waals surface area contributed by atoms with Crippen molar-refractivity contribution in [3.05, 3.63) is 217 Å². The number of fused-ring (bicyclic) bond motifs is 8. The standard InChI is InChI=1S/C69H66N8O/c1-40-33-43(4)62(44(5)34-40)66-56-22-20-54(72-56)65(52-16-11-12-17-53(52)76-69(78)49-18-19-51(71-39-49)29-32-77(10)31-28-50-15-13-14-30-70-50)55-21-23-57(73-55)67(63-45(6)35-41(2)36-46(63)7)59-25-27-61(75-59)68(60-26-24-58(66)74-60)64-47(8)37-42(3)38-48(64)9/h11-27,30,33-39,72,75H,28-29,31-32H2,1-10H3,(H,76,78). The summed E-state index contributed by atoms with van der Waals surface area (Å²) in [6.07, 6.45) is 13.8. The van der Waals surface area contributed by atoms with Crippen LogP contribution in [-0.4, -0.2) is 60.8 Å². The quantitative estimate of drug-likeness (QED) is 0.112. The maximum atomic E-state index is 14.4. The molecule has 0 radical (unpaired) electrons. The van der Waals surface area contributed by atoms with E-state index in [-0.39, 0.29) is 5.91 Å². The van der Waals surface area contributed by atoms with Crippen LogP contribution in [0, 0.1) is 62.3 Å². The summed E-state index contributed by atoms with van der Waals surface area (Å²) in [7, 11) is 2.12. The predicted molar refractivity (Wildman–Crippen MR) is 325 cm³/mol. The Morgan fingerprint density at radius 3 is 1.29 bits per heavy atom. The van der Waals surface area contributed by atoms with Crippen LogP contribution in [0.1, 0.15) is 94.6 Å². The van der Waals surface area contributed by atoms with Gasteiger partial charge in [0.1, 0.15) is 0 Å². The van der Waals surface area contributed by atoms with Gasteiger partial charge in [-0.2, -0.15) is 0 Å². The number of amides is 1. The van der Waals surface area contributed by atoms with E-state index in [1.807, 2.05) is 48.7 Å². The number of likely N-dealkylation sites (N-methyl/N-ethyl adjacent to an activating group) is 1. The lowest BCUT2D eigenvalue weighted by Crippen LogP contribution is -2.24. The lowest BCUT2D eigenvalue weighted by molar-refractivity contribution is 0.102. The van der Waals surface area contributed by atoms with E-state index in [4.69, 9.17) is 15.0 Å². The van der Waals surface area contributed by atoms with Gasteiger partial charge in [-0.1, -0.05) is 77.4 Å². The molecule has 11 rings (SSSR count). The second kappa shape index (κ2) is 21.3. The first-order chi connectivity index (χ1) is 37.7. The number of hydrogen-bond donors (Lipinski definition) is 3. The summed E-state index contributed by atoms with van der Waals surface area (Å²) >= 11 is 0. The van der Waals surface area contributed by atoms with Crippen molar-refractivity contribution in [2.75, 3.05) is 25.5 Å². The number of hydrogen-bond acceptors (Lipinski definition) is 6. The molecule has 9 nitrogen and oxygen atoms in total.